The first kappa shape index (κ1) is 10.8. The number of carbonyl (C=O) groups excluding carboxylic acids is 2. The van der Waals surface area contributed by atoms with Crippen molar-refractivity contribution >= 4 is 23.1 Å². The second-order valence-corrected chi connectivity index (χ2v) is 2.41. The minimum Gasteiger partial charge on any atom is -0.541 e. The normalized spacial score (nSPS) is 8.36. The van der Waals surface area contributed by atoms with Gasteiger partial charge in [-0.3, -0.25) is 4.79 Å². The van der Waals surface area contributed by atoms with Crippen LogP contribution in [-0.4, -0.2) is 11.8 Å². The minimum absolute atomic E-state index is 0. The van der Waals surface area contributed by atoms with Gasteiger partial charge in [-0.05, 0) is 11.4 Å². The summed E-state index contributed by atoms with van der Waals surface area (Å²) in [7, 11) is 0. The minimum atomic E-state index is -1.65. The molecule has 0 radical (unpaired) electrons. The Kier molecular flexibility index (Phi) is 4.60. The van der Waals surface area contributed by atoms with Crippen LogP contribution in [0.3, 0.4) is 0 Å². The van der Waals surface area contributed by atoms with Gasteiger partial charge >= 0.3 is 29.6 Å². The summed E-state index contributed by atoms with van der Waals surface area (Å²) in [5.74, 6) is -2.61. The van der Waals surface area contributed by atoms with Crippen molar-refractivity contribution in [3.63, 3.8) is 0 Å². The predicted molar refractivity (Wildman–Crippen MR) is 33.7 cm³/mol. The first-order valence-electron chi connectivity index (χ1n) is 2.49. The molecule has 0 saturated heterocycles. The largest absolute Gasteiger partial charge is 1.00 e. The third-order valence-corrected chi connectivity index (χ3v) is 1.65. The second kappa shape index (κ2) is 4.66. The maximum Gasteiger partial charge on any atom is 1.00 e. The van der Waals surface area contributed by atoms with E-state index in [1.54, 1.807) is 5.38 Å². The number of thiophene rings is 1. The van der Waals surface area contributed by atoms with Crippen LogP contribution in [0.15, 0.2) is 16.8 Å². The van der Waals surface area contributed by atoms with Gasteiger partial charge in [0, 0.05) is 10.9 Å². The number of carboxylic acids is 1. The molecule has 1 aromatic heterocycles. The summed E-state index contributed by atoms with van der Waals surface area (Å²) in [4.78, 5) is 20.5. The number of rotatable bonds is 2. The summed E-state index contributed by atoms with van der Waals surface area (Å²) < 4.78 is 0. The Balaban J connectivity index is 0.000001000. The molecule has 0 N–H and O–H groups in total. The molecule has 0 bridgehead atoms. The first-order chi connectivity index (χ1) is 4.72. The molecule has 0 aliphatic heterocycles. The van der Waals surface area contributed by atoms with Gasteiger partial charge in [-0.2, -0.15) is 11.3 Å². The summed E-state index contributed by atoms with van der Waals surface area (Å²) in [6.45, 7) is 0. The molecule has 0 aliphatic carbocycles. The van der Waals surface area contributed by atoms with Gasteiger partial charge in [0.15, 0.2) is 0 Å². The van der Waals surface area contributed by atoms with Crippen LogP contribution in [0.4, 0.5) is 0 Å². The summed E-state index contributed by atoms with van der Waals surface area (Å²) in [5.41, 5.74) is 0.185. The van der Waals surface area contributed by atoms with E-state index in [4.69, 9.17) is 0 Å². The van der Waals surface area contributed by atoms with Crippen molar-refractivity contribution in [1.29, 1.82) is 0 Å². The topological polar surface area (TPSA) is 57.2 Å². The van der Waals surface area contributed by atoms with Gasteiger partial charge in [0.25, 0.3) is 0 Å². The monoisotopic (exact) mass is 178 g/mol. The number of hydrogen-bond acceptors (Lipinski definition) is 4. The van der Waals surface area contributed by atoms with E-state index in [0.717, 1.165) is 0 Å². The van der Waals surface area contributed by atoms with E-state index in [9.17, 15) is 14.7 Å². The van der Waals surface area contributed by atoms with Crippen LogP contribution in [0.1, 0.15) is 10.4 Å². The zero-order valence-corrected chi connectivity index (χ0v) is 8.68. The molecule has 0 amide bonds. The molecule has 0 aromatic carbocycles. The van der Waals surface area contributed by atoms with Crippen molar-refractivity contribution in [2.75, 3.05) is 0 Å². The maximum absolute atomic E-state index is 10.6. The van der Waals surface area contributed by atoms with Crippen LogP contribution in [-0.2, 0) is 4.79 Å². The Bertz CT molecular complexity index is 255. The average molecular weight is 178 g/mol. The molecule has 0 unspecified atom stereocenters. The van der Waals surface area contributed by atoms with E-state index in [1.165, 1.54) is 22.8 Å². The van der Waals surface area contributed by atoms with Gasteiger partial charge in [0.1, 0.15) is 5.97 Å². The van der Waals surface area contributed by atoms with Crippen molar-refractivity contribution in [2.24, 2.45) is 0 Å². The number of Topliss-reactive ketones (excluding diaryl/α,β-unsaturated/α-hetero) is 1. The van der Waals surface area contributed by atoms with Crippen molar-refractivity contribution < 1.29 is 44.3 Å². The fraction of sp³-hybridized carbons (Fsp3) is 0. The summed E-state index contributed by atoms with van der Waals surface area (Å²) >= 11 is 1.27. The zero-order valence-electron chi connectivity index (χ0n) is 5.87. The van der Waals surface area contributed by atoms with Crippen LogP contribution in [0, 0.1) is 0 Å². The number of hydrogen-bond donors (Lipinski definition) is 0. The van der Waals surface area contributed by atoms with E-state index >= 15 is 0 Å². The Labute approximate surface area is 89.3 Å². The SMILES string of the molecule is O=C([O-])C(=O)c1ccsc1.[Na+]. The molecule has 5 heteroatoms. The molecule has 0 atom stereocenters. The molecule has 1 heterocycles. The summed E-state index contributed by atoms with van der Waals surface area (Å²) in [6.07, 6.45) is 0. The van der Waals surface area contributed by atoms with Gasteiger partial charge in [-0.1, -0.05) is 0 Å². The van der Waals surface area contributed by atoms with Crippen molar-refractivity contribution in [2.45, 2.75) is 0 Å². The van der Waals surface area contributed by atoms with E-state index < -0.39 is 11.8 Å². The fourth-order valence-corrected chi connectivity index (χ4v) is 1.15. The summed E-state index contributed by atoms with van der Waals surface area (Å²) in [5, 5.41) is 13.0. The van der Waals surface area contributed by atoms with Crippen LogP contribution >= 0.6 is 11.3 Å². The molecule has 0 aliphatic rings. The van der Waals surface area contributed by atoms with Crippen molar-refractivity contribution in [3.05, 3.63) is 22.4 Å². The van der Waals surface area contributed by atoms with Crippen molar-refractivity contribution in [3.8, 4) is 0 Å². The molecule has 1 rings (SSSR count). The Morgan fingerprint density at radius 3 is 2.45 bits per heavy atom. The Morgan fingerprint density at radius 2 is 2.09 bits per heavy atom. The molecule has 11 heavy (non-hydrogen) atoms. The van der Waals surface area contributed by atoms with E-state index in [-0.39, 0.29) is 35.1 Å². The Hall–Kier alpha value is -0.160. The van der Waals surface area contributed by atoms with E-state index in [0.29, 0.717) is 0 Å². The van der Waals surface area contributed by atoms with Crippen LogP contribution < -0.4 is 34.7 Å². The van der Waals surface area contributed by atoms with Gasteiger partial charge < -0.3 is 9.90 Å². The molecule has 0 fully saturated rings. The van der Waals surface area contributed by atoms with Gasteiger partial charge in [-0.25, -0.2) is 0 Å². The number of carboxylic acid groups (broad SMARTS) is 1. The van der Waals surface area contributed by atoms with Gasteiger partial charge in [-0.15, -0.1) is 0 Å². The fourth-order valence-electron chi connectivity index (χ4n) is 0.512. The zero-order chi connectivity index (χ0) is 7.56. The van der Waals surface area contributed by atoms with Gasteiger partial charge in [0.05, 0.1) is 0 Å². The molecular weight excluding hydrogens is 175 g/mol. The van der Waals surface area contributed by atoms with Crippen LogP contribution in [0.25, 0.3) is 0 Å². The number of aliphatic carboxylic acids is 1. The van der Waals surface area contributed by atoms with Crippen LogP contribution in [0.2, 0.25) is 0 Å². The second-order valence-electron chi connectivity index (χ2n) is 1.63. The Morgan fingerprint density at radius 1 is 1.45 bits per heavy atom. The first-order valence-corrected chi connectivity index (χ1v) is 3.44. The molecular formula is C6H3NaO3S. The maximum atomic E-state index is 10.6. The quantitative estimate of drug-likeness (QED) is 0.270. The number of carbonyl (C=O) groups is 2. The standard InChI is InChI=1S/C6H4O3S.Na/c7-5(6(8)9)4-1-2-10-3-4;/h1-3H,(H,8,9);/q;+1/p-1. The summed E-state index contributed by atoms with van der Waals surface area (Å²) in [6, 6.07) is 1.45. The van der Waals surface area contributed by atoms with Gasteiger partial charge in [0.2, 0.25) is 5.78 Å². The van der Waals surface area contributed by atoms with E-state index in [2.05, 4.69) is 0 Å². The molecule has 1 aromatic rings. The van der Waals surface area contributed by atoms with Crippen LogP contribution in [0.5, 0.6) is 0 Å². The number of ketones is 1. The predicted octanol–water partition coefficient (Wildman–Crippen LogP) is -3.32. The van der Waals surface area contributed by atoms with E-state index in [1.807, 2.05) is 0 Å². The molecule has 0 saturated carbocycles. The third-order valence-electron chi connectivity index (χ3n) is 0.969. The third kappa shape index (κ3) is 2.75. The molecule has 3 nitrogen and oxygen atoms in total. The smallest absolute Gasteiger partial charge is 0.541 e. The average Bonchev–Trinajstić information content (AvgIpc) is 2.36. The van der Waals surface area contributed by atoms with Crippen molar-refractivity contribution in [1.82, 2.24) is 0 Å². The molecule has 52 valence electrons. The molecule has 0 spiro atoms.